The van der Waals surface area contributed by atoms with Gasteiger partial charge in [-0.2, -0.15) is 22.0 Å². The molecule has 102 valence electrons. The molecular weight excluding hydrogens is 286 g/mol. The van der Waals surface area contributed by atoms with Crippen LogP contribution >= 0.6 is 11.6 Å². The summed E-state index contributed by atoms with van der Waals surface area (Å²) in [5.74, 6) is -6.24. The second-order valence-electron chi connectivity index (χ2n) is 3.65. The Kier molecular flexibility index (Phi) is 3.88. The van der Waals surface area contributed by atoms with Gasteiger partial charge in [-0.15, -0.1) is 0 Å². The summed E-state index contributed by atoms with van der Waals surface area (Å²) in [6, 6.07) is 1.23. The maximum atomic E-state index is 13.0. The fourth-order valence-electron chi connectivity index (χ4n) is 1.24. The van der Waals surface area contributed by atoms with Crippen molar-refractivity contribution in [3.8, 4) is 0 Å². The summed E-state index contributed by atoms with van der Waals surface area (Å²) < 4.78 is 74.9. The molecule has 0 spiro atoms. The zero-order valence-electron chi connectivity index (χ0n) is 8.83. The van der Waals surface area contributed by atoms with E-state index in [1.807, 2.05) is 0 Å². The van der Waals surface area contributed by atoms with E-state index in [0.29, 0.717) is 12.1 Å². The Morgan fingerprint density at radius 1 is 1.17 bits per heavy atom. The van der Waals surface area contributed by atoms with Crippen molar-refractivity contribution in [1.29, 1.82) is 0 Å². The molecule has 0 amide bonds. The van der Waals surface area contributed by atoms with Crippen LogP contribution in [0.1, 0.15) is 17.2 Å². The van der Waals surface area contributed by atoms with E-state index in [2.05, 4.69) is 0 Å². The van der Waals surface area contributed by atoms with Crippen LogP contribution in [0.2, 0.25) is 5.02 Å². The zero-order valence-corrected chi connectivity index (χ0v) is 9.58. The highest BCUT2D eigenvalue weighted by Crippen LogP contribution is 2.46. The first-order valence-corrected chi connectivity index (χ1v) is 4.94. The topological polar surface area (TPSA) is 20.2 Å². The third-order valence-corrected chi connectivity index (χ3v) is 2.62. The number of benzene rings is 1. The van der Waals surface area contributed by atoms with Gasteiger partial charge in [-0.05, 0) is 24.6 Å². The van der Waals surface area contributed by atoms with Gasteiger partial charge in [0.2, 0.25) is 0 Å². The lowest BCUT2D eigenvalue weighted by Crippen LogP contribution is -2.42. The van der Waals surface area contributed by atoms with Crippen LogP contribution < -0.4 is 0 Å². The molecule has 1 atom stereocenters. The van der Waals surface area contributed by atoms with Gasteiger partial charge in [0.25, 0.3) is 0 Å². The predicted octanol–water partition coefficient (Wildman–Crippen LogP) is 4.02. The summed E-state index contributed by atoms with van der Waals surface area (Å²) in [5, 5.41) is 8.40. The van der Waals surface area contributed by atoms with Gasteiger partial charge in [0.05, 0.1) is 0 Å². The first-order valence-electron chi connectivity index (χ1n) is 4.56. The molecule has 0 heterocycles. The molecule has 1 unspecified atom stereocenters. The van der Waals surface area contributed by atoms with E-state index in [0.717, 1.165) is 6.92 Å². The minimum Gasteiger partial charge on any atom is -0.382 e. The van der Waals surface area contributed by atoms with Crippen molar-refractivity contribution in [2.75, 3.05) is 0 Å². The second kappa shape index (κ2) is 4.62. The van der Waals surface area contributed by atoms with Gasteiger partial charge in [-0.3, -0.25) is 0 Å². The van der Waals surface area contributed by atoms with Crippen LogP contribution in [-0.2, 0) is 0 Å². The highest BCUT2D eigenvalue weighted by molar-refractivity contribution is 6.31. The largest absolute Gasteiger partial charge is 0.456 e. The first-order chi connectivity index (χ1) is 7.98. The summed E-state index contributed by atoms with van der Waals surface area (Å²) in [6.07, 6.45) is -9.12. The third kappa shape index (κ3) is 2.56. The lowest BCUT2D eigenvalue weighted by Gasteiger charge is -2.25. The van der Waals surface area contributed by atoms with Gasteiger partial charge in [0.1, 0.15) is 5.82 Å². The lowest BCUT2D eigenvalue weighted by atomic mass is 10.0. The average molecular weight is 293 g/mol. The van der Waals surface area contributed by atoms with Crippen LogP contribution in [0.3, 0.4) is 0 Å². The fraction of sp³-hybridized carbons (Fsp3) is 0.400. The number of rotatable bonds is 2. The smallest absolute Gasteiger partial charge is 0.382 e. The molecule has 0 bridgehead atoms. The number of hydrogen-bond donors (Lipinski definition) is 1. The average Bonchev–Trinajstić information content (AvgIpc) is 2.20. The summed E-state index contributed by atoms with van der Waals surface area (Å²) in [7, 11) is 0. The maximum absolute atomic E-state index is 13.0. The molecular formula is C10H7ClF6O. The number of aliphatic hydroxyl groups is 1. The van der Waals surface area contributed by atoms with Gasteiger partial charge in [0.15, 0.2) is 6.10 Å². The van der Waals surface area contributed by atoms with Crippen LogP contribution in [0.15, 0.2) is 12.1 Å². The zero-order chi connectivity index (χ0) is 14.3. The van der Waals surface area contributed by atoms with Crippen molar-refractivity contribution in [1.82, 2.24) is 0 Å². The Labute approximate surface area is 103 Å². The number of hydrogen-bond acceptors (Lipinski definition) is 1. The van der Waals surface area contributed by atoms with Gasteiger partial charge in [-0.1, -0.05) is 11.6 Å². The molecule has 0 aliphatic heterocycles. The van der Waals surface area contributed by atoms with Crippen molar-refractivity contribution >= 4 is 11.6 Å². The van der Waals surface area contributed by atoms with E-state index in [1.165, 1.54) is 0 Å². The predicted molar refractivity (Wildman–Crippen MR) is 52.1 cm³/mol. The van der Waals surface area contributed by atoms with E-state index in [9.17, 15) is 26.3 Å². The van der Waals surface area contributed by atoms with Crippen molar-refractivity contribution in [3.05, 3.63) is 34.1 Å². The molecule has 0 aliphatic carbocycles. The van der Waals surface area contributed by atoms with Crippen LogP contribution in [0, 0.1) is 12.7 Å². The van der Waals surface area contributed by atoms with Crippen molar-refractivity contribution in [2.45, 2.75) is 25.1 Å². The summed E-state index contributed by atoms with van der Waals surface area (Å²) in [5.41, 5.74) is -1.08. The van der Waals surface area contributed by atoms with Crippen LogP contribution in [0.4, 0.5) is 26.3 Å². The molecule has 0 radical (unpaired) electrons. The second-order valence-corrected chi connectivity index (χ2v) is 4.05. The van der Waals surface area contributed by atoms with E-state index in [1.54, 1.807) is 0 Å². The number of halogens is 7. The van der Waals surface area contributed by atoms with E-state index >= 15 is 0 Å². The van der Waals surface area contributed by atoms with Crippen LogP contribution in [-0.4, -0.2) is 17.2 Å². The highest BCUT2D eigenvalue weighted by Gasteiger charge is 2.62. The molecule has 1 nitrogen and oxygen atoms in total. The summed E-state index contributed by atoms with van der Waals surface area (Å²) >= 11 is 5.35. The Balaban J connectivity index is 3.27. The molecule has 1 aromatic rings. The summed E-state index contributed by atoms with van der Waals surface area (Å²) in [6.45, 7) is 1.15. The Morgan fingerprint density at radius 3 is 2.11 bits per heavy atom. The van der Waals surface area contributed by atoms with Gasteiger partial charge in [-0.25, -0.2) is 4.39 Å². The Morgan fingerprint density at radius 2 is 1.67 bits per heavy atom. The van der Waals surface area contributed by atoms with Crippen molar-refractivity contribution in [2.24, 2.45) is 0 Å². The summed E-state index contributed by atoms with van der Waals surface area (Å²) in [4.78, 5) is 0. The Hall–Kier alpha value is -0.950. The van der Waals surface area contributed by atoms with Gasteiger partial charge < -0.3 is 5.11 Å². The maximum Gasteiger partial charge on any atom is 0.456 e. The normalized spacial score (nSPS) is 14.7. The molecule has 18 heavy (non-hydrogen) atoms. The molecule has 0 fully saturated rings. The minimum absolute atomic E-state index is 0.202. The van der Waals surface area contributed by atoms with E-state index in [4.69, 9.17) is 16.7 Å². The van der Waals surface area contributed by atoms with E-state index in [-0.39, 0.29) is 5.56 Å². The molecule has 0 saturated carbocycles. The van der Waals surface area contributed by atoms with Gasteiger partial charge in [0, 0.05) is 10.6 Å². The first kappa shape index (κ1) is 15.1. The SMILES string of the molecule is Cc1cc(C(O)C(F)(F)C(F)(F)F)c(Cl)cc1F. The molecule has 0 aromatic heterocycles. The minimum atomic E-state index is -5.93. The number of aryl methyl sites for hydroxylation is 1. The highest BCUT2D eigenvalue weighted by atomic mass is 35.5. The molecule has 1 aromatic carbocycles. The molecule has 1 rings (SSSR count). The number of aliphatic hydroxyl groups excluding tert-OH is 1. The molecule has 0 saturated heterocycles. The standard InChI is InChI=1S/C10H7ClF6O/c1-4-2-5(6(11)3-7(4)12)8(18)9(13,14)10(15,16)17/h2-3,8,18H,1H3. The van der Waals surface area contributed by atoms with Crippen molar-refractivity contribution in [3.63, 3.8) is 0 Å². The molecule has 0 aliphatic rings. The monoisotopic (exact) mass is 292 g/mol. The fourth-order valence-corrected chi connectivity index (χ4v) is 1.49. The third-order valence-electron chi connectivity index (χ3n) is 2.29. The van der Waals surface area contributed by atoms with Gasteiger partial charge >= 0.3 is 12.1 Å². The molecule has 8 heteroatoms. The molecule has 1 N–H and O–H groups in total. The van der Waals surface area contributed by atoms with E-state index < -0.39 is 34.6 Å². The van der Waals surface area contributed by atoms with Crippen LogP contribution in [0.25, 0.3) is 0 Å². The quantitative estimate of drug-likeness (QED) is 0.816. The van der Waals surface area contributed by atoms with Crippen LogP contribution in [0.5, 0.6) is 0 Å². The van der Waals surface area contributed by atoms with Crippen molar-refractivity contribution < 1.29 is 31.4 Å². The Bertz CT molecular complexity index is 456. The lowest BCUT2D eigenvalue weighted by molar-refractivity contribution is -0.315. The number of alkyl halides is 5.